The van der Waals surface area contributed by atoms with Crippen LogP contribution in [0.4, 0.5) is 0 Å². The molecule has 1 aliphatic rings. The van der Waals surface area contributed by atoms with Crippen molar-refractivity contribution >= 4 is 11.6 Å². The fraction of sp³-hybridized carbons (Fsp3) is 0.273. The summed E-state index contributed by atoms with van der Waals surface area (Å²) in [6.07, 6.45) is 4.58. The molecule has 0 bridgehead atoms. The minimum Gasteiger partial charge on any atom is -0.497 e. The van der Waals surface area contributed by atoms with Crippen molar-refractivity contribution in [1.29, 1.82) is 0 Å². The lowest BCUT2D eigenvalue weighted by molar-refractivity contribution is 0.415. The van der Waals surface area contributed by atoms with Crippen LogP contribution in [0.2, 0.25) is 0 Å². The zero-order chi connectivity index (χ0) is 16.9. The number of hydrogen-bond acceptors (Lipinski definition) is 2. The Morgan fingerprint density at radius 3 is 2.29 bits per heavy atom. The Balaban J connectivity index is 2.02. The van der Waals surface area contributed by atoms with Crippen molar-refractivity contribution in [1.82, 2.24) is 4.90 Å². The molecule has 0 unspecified atom stereocenters. The summed E-state index contributed by atoms with van der Waals surface area (Å²) >= 11 is 0. The lowest BCUT2D eigenvalue weighted by Crippen LogP contribution is -2.14. The van der Waals surface area contributed by atoms with Crippen molar-refractivity contribution in [3.05, 3.63) is 76.9 Å². The summed E-state index contributed by atoms with van der Waals surface area (Å²) in [6.45, 7) is 1.01. The van der Waals surface area contributed by atoms with Gasteiger partial charge in [0.15, 0.2) is 0 Å². The first-order chi connectivity index (χ1) is 11.7. The molecule has 1 aliphatic carbocycles. The van der Waals surface area contributed by atoms with E-state index in [-0.39, 0.29) is 0 Å². The Bertz CT molecular complexity index is 739. The zero-order valence-corrected chi connectivity index (χ0v) is 14.8. The summed E-state index contributed by atoms with van der Waals surface area (Å²) < 4.78 is 5.31. The van der Waals surface area contributed by atoms with E-state index in [2.05, 4.69) is 67.5 Å². The molecule has 2 aromatic rings. The number of allylic oxidation sites excluding steroid dienone is 2. The summed E-state index contributed by atoms with van der Waals surface area (Å²) in [6, 6.07) is 19.0. The second kappa shape index (κ2) is 7.50. The molecule has 2 heteroatoms. The average Bonchev–Trinajstić information content (AvgIpc) is 2.97. The fourth-order valence-corrected chi connectivity index (χ4v) is 3.34. The van der Waals surface area contributed by atoms with Crippen molar-refractivity contribution in [3.63, 3.8) is 0 Å². The van der Waals surface area contributed by atoms with Crippen LogP contribution in [0.3, 0.4) is 0 Å². The van der Waals surface area contributed by atoms with Gasteiger partial charge < -0.3 is 9.64 Å². The van der Waals surface area contributed by atoms with E-state index < -0.39 is 0 Å². The van der Waals surface area contributed by atoms with Crippen LogP contribution in [-0.4, -0.2) is 32.6 Å². The van der Waals surface area contributed by atoms with E-state index >= 15 is 0 Å². The van der Waals surface area contributed by atoms with Crippen LogP contribution in [0.25, 0.3) is 11.6 Å². The smallest absolute Gasteiger partial charge is 0.118 e. The second-order valence-electron chi connectivity index (χ2n) is 6.53. The molecule has 0 saturated heterocycles. The first kappa shape index (κ1) is 16.5. The molecule has 0 heterocycles. The van der Waals surface area contributed by atoms with Gasteiger partial charge in [0.2, 0.25) is 0 Å². The standard InChI is InChI=1S/C22H25NO/c1-23(2)16-20-10-9-19(15-17-7-5-4-6-8-17)22(20)18-11-13-21(24-3)14-12-18/h4-8,11-15H,9-10,16H2,1-3H3/b19-15-. The first-order valence-corrected chi connectivity index (χ1v) is 8.44. The van der Waals surface area contributed by atoms with E-state index in [0.29, 0.717) is 0 Å². The van der Waals surface area contributed by atoms with Gasteiger partial charge in [-0.2, -0.15) is 0 Å². The lowest BCUT2D eigenvalue weighted by Gasteiger charge is -2.14. The minimum absolute atomic E-state index is 0.903. The van der Waals surface area contributed by atoms with E-state index in [1.54, 1.807) is 7.11 Å². The Morgan fingerprint density at radius 1 is 0.958 bits per heavy atom. The van der Waals surface area contributed by atoms with Crippen LogP contribution in [0.1, 0.15) is 24.0 Å². The SMILES string of the molecule is COc1ccc(C2=C(CN(C)C)CC/C2=C/c2ccccc2)cc1. The van der Waals surface area contributed by atoms with Gasteiger partial charge in [-0.3, -0.25) is 0 Å². The molecule has 0 spiro atoms. The van der Waals surface area contributed by atoms with Crippen molar-refractivity contribution in [3.8, 4) is 5.75 Å². The van der Waals surface area contributed by atoms with Crippen LogP contribution in [-0.2, 0) is 0 Å². The highest BCUT2D eigenvalue weighted by Gasteiger charge is 2.21. The average molecular weight is 319 g/mol. The Hall–Kier alpha value is -2.32. The number of ether oxygens (including phenoxy) is 1. The quantitative estimate of drug-likeness (QED) is 0.778. The molecular formula is C22H25NO. The lowest BCUT2D eigenvalue weighted by atomic mass is 9.96. The third-order valence-electron chi connectivity index (χ3n) is 4.40. The molecule has 0 saturated carbocycles. The summed E-state index contributed by atoms with van der Waals surface area (Å²) in [5.74, 6) is 0.903. The molecule has 0 amide bonds. The molecule has 2 aromatic carbocycles. The van der Waals surface area contributed by atoms with Gasteiger partial charge in [-0.1, -0.05) is 48.5 Å². The summed E-state index contributed by atoms with van der Waals surface area (Å²) in [5.41, 5.74) is 6.92. The summed E-state index contributed by atoms with van der Waals surface area (Å²) in [4.78, 5) is 2.25. The van der Waals surface area contributed by atoms with Gasteiger partial charge in [0.25, 0.3) is 0 Å². The largest absolute Gasteiger partial charge is 0.497 e. The number of nitrogens with zero attached hydrogens (tertiary/aromatic N) is 1. The molecule has 0 aromatic heterocycles. The normalized spacial score (nSPS) is 16.2. The van der Waals surface area contributed by atoms with Crippen molar-refractivity contribution in [2.24, 2.45) is 0 Å². The molecule has 0 radical (unpaired) electrons. The van der Waals surface area contributed by atoms with E-state index in [4.69, 9.17) is 4.74 Å². The van der Waals surface area contributed by atoms with Gasteiger partial charge >= 0.3 is 0 Å². The van der Waals surface area contributed by atoms with Crippen LogP contribution in [0, 0.1) is 0 Å². The fourth-order valence-electron chi connectivity index (χ4n) is 3.34. The highest BCUT2D eigenvalue weighted by atomic mass is 16.5. The number of hydrogen-bond donors (Lipinski definition) is 0. The Morgan fingerprint density at radius 2 is 1.67 bits per heavy atom. The van der Waals surface area contributed by atoms with E-state index in [1.807, 2.05) is 12.1 Å². The van der Waals surface area contributed by atoms with Gasteiger partial charge in [-0.05, 0) is 66.9 Å². The maximum Gasteiger partial charge on any atom is 0.118 e. The first-order valence-electron chi connectivity index (χ1n) is 8.44. The van der Waals surface area contributed by atoms with Crippen molar-refractivity contribution in [2.45, 2.75) is 12.8 Å². The monoisotopic (exact) mass is 319 g/mol. The maximum absolute atomic E-state index is 5.31. The minimum atomic E-state index is 0.903. The zero-order valence-electron chi connectivity index (χ0n) is 14.8. The Kier molecular flexibility index (Phi) is 5.17. The molecule has 0 atom stereocenters. The number of benzene rings is 2. The molecule has 2 nitrogen and oxygen atoms in total. The molecule has 124 valence electrons. The molecular weight excluding hydrogens is 294 g/mol. The van der Waals surface area contributed by atoms with Crippen LogP contribution in [0.5, 0.6) is 5.75 Å². The van der Waals surface area contributed by atoms with Gasteiger partial charge in [-0.25, -0.2) is 0 Å². The molecule has 0 N–H and O–H groups in total. The summed E-state index contributed by atoms with van der Waals surface area (Å²) in [7, 11) is 5.98. The van der Waals surface area contributed by atoms with Crippen LogP contribution < -0.4 is 4.74 Å². The predicted octanol–water partition coefficient (Wildman–Crippen LogP) is 4.89. The van der Waals surface area contributed by atoms with Gasteiger partial charge in [-0.15, -0.1) is 0 Å². The highest BCUT2D eigenvalue weighted by Crippen LogP contribution is 2.40. The van der Waals surface area contributed by atoms with E-state index in [0.717, 1.165) is 25.1 Å². The highest BCUT2D eigenvalue weighted by molar-refractivity contribution is 5.88. The third-order valence-corrected chi connectivity index (χ3v) is 4.40. The van der Waals surface area contributed by atoms with Gasteiger partial charge in [0.1, 0.15) is 5.75 Å². The van der Waals surface area contributed by atoms with E-state index in [1.165, 1.54) is 27.8 Å². The summed E-state index contributed by atoms with van der Waals surface area (Å²) in [5, 5.41) is 0. The Labute approximate surface area is 145 Å². The predicted molar refractivity (Wildman–Crippen MR) is 102 cm³/mol. The molecule has 0 fully saturated rings. The van der Waals surface area contributed by atoms with Crippen LogP contribution >= 0.6 is 0 Å². The number of methoxy groups -OCH3 is 1. The number of likely N-dealkylation sites (N-methyl/N-ethyl adjacent to an activating group) is 1. The van der Waals surface area contributed by atoms with Crippen molar-refractivity contribution in [2.75, 3.05) is 27.7 Å². The van der Waals surface area contributed by atoms with Gasteiger partial charge in [0.05, 0.1) is 7.11 Å². The van der Waals surface area contributed by atoms with Crippen molar-refractivity contribution < 1.29 is 4.74 Å². The topological polar surface area (TPSA) is 12.5 Å². The van der Waals surface area contributed by atoms with E-state index in [9.17, 15) is 0 Å². The van der Waals surface area contributed by atoms with Gasteiger partial charge in [0, 0.05) is 6.54 Å². The maximum atomic E-state index is 5.31. The molecule has 0 aliphatic heterocycles. The third kappa shape index (κ3) is 3.77. The van der Waals surface area contributed by atoms with Crippen LogP contribution in [0.15, 0.2) is 65.7 Å². The molecule has 3 rings (SSSR count). The molecule has 24 heavy (non-hydrogen) atoms. The second-order valence-corrected chi connectivity index (χ2v) is 6.53. The number of rotatable bonds is 5.